The van der Waals surface area contributed by atoms with Gasteiger partial charge in [-0.15, -0.1) is 0 Å². The van der Waals surface area contributed by atoms with E-state index in [0.717, 1.165) is 18.4 Å². The molecule has 3 aliphatic heterocycles. The maximum absolute atomic E-state index is 14.1. The number of aliphatic hydroxyl groups is 2. The van der Waals surface area contributed by atoms with Crippen molar-refractivity contribution >= 4 is 34.8 Å². The highest BCUT2D eigenvalue weighted by atomic mass is 16.5. The Balaban J connectivity index is 1.35. The molecule has 0 bridgehead atoms. The van der Waals surface area contributed by atoms with Crippen LogP contribution in [0.3, 0.4) is 0 Å². The number of hydrogen-bond acceptors (Lipinski definition) is 6. The van der Waals surface area contributed by atoms with Crippen LogP contribution in [0.4, 0.5) is 17.1 Å². The van der Waals surface area contributed by atoms with Crippen LogP contribution < -0.4 is 14.5 Å². The van der Waals surface area contributed by atoms with Gasteiger partial charge in [-0.05, 0) is 48.7 Å². The van der Waals surface area contributed by atoms with E-state index in [1.165, 1.54) is 0 Å². The number of para-hydroxylation sites is 2. The average Bonchev–Trinajstić information content (AvgIpc) is 3.59. The van der Waals surface area contributed by atoms with E-state index in [2.05, 4.69) is 0 Å². The SMILES string of the molecule is C[C@H](/C=C/CC(=O)N1CCC[C@H]1CO)[C@@]1(O)C(=O)N(Cc2ccccc2)c2ccc(N3C(=O)COc4ccccc43)cc21. The topological polar surface area (TPSA) is 111 Å². The van der Waals surface area contributed by atoms with Crippen LogP contribution in [0, 0.1) is 5.92 Å². The largest absolute Gasteiger partial charge is 0.482 e. The Bertz CT molecular complexity index is 1570. The number of anilines is 3. The van der Waals surface area contributed by atoms with Crippen LogP contribution in [-0.4, -0.2) is 58.6 Å². The third-order valence-corrected chi connectivity index (χ3v) is 8.69. The highest BCUT2D eigenvalue weighted by Gasteiger charge is 2.53. The Morgan fingerprint density at radius 1 is 1.07 bits per heavy atom. The molecule has 1 fully saturated rings. The van der Waals surface area contributed by atoms with Gasteiger partial charge in [0.05, 0.1) is 30.6 Å². The van der Waals surface area contributed by atoms with Gasteiger partial charge in [0.2, 0.25) is 5.91 Å². The molecule has 43 heavy (non-hydrogen) atoms. The minimum atomic E-state index is -1.93. The van der Waals surface area contributed by atoms with Gasteiger partial charge in [0, 0.05) is 30.1 Å². The molecule has 0 aliphatic carbocycles. The number of likely N-dealkylation sites (tertiary alicyclic amines) is 1. The average molecular weight is 582 g/mol. The molecule has 2 N–H and O–H groups in total. The zero-order valence-corrected chi connectivity index (χ0v) is 24.1. The molecule has 6 rings (SSSR count). The van der Waals surface area contributed by atoms with E-state index in [1.54, 1.807) is 64.1 Å². The van der Waals surface area contributed by atoms with E-state index in [9.17, 15) is 24.6 Å². The number of carbonyl (C=O) groups excluding carboxylic acids is 3. The molecule has 3 atom stereocenters. The predicted octanol–water partition coefficient (Wildman–Crippen LogP) is 4.04. The lowest BCUT2D eigenvalue weighted by molar-refractivity contribution is -0.139. The summed E-state index contributed by atoms with van der Waals surface area (Å²) < 4.78 is 5.62. The van der Waals surface area contributed by atoms with Crippen LogP contribution in [0.2, 0.25) is 0 Å². The highest BCUT2D eigenvalue weighted by molar-refractivity contribution is 6.09. The normalized spacial score (nSPS) is 22.1. The molecule has 0 spiro atoms. The van der Waals surface area contributed by atoms with Gasteiger partial charge < -0.3 is 24.7 Å². The number of amides is 3. The van der Waals surface area contributed by atoms with Crippen molar-refractivity contribution < 1.29 is 29.3 Å². The molecule has 3 aromatic rings. The fourth-order valence-corrected chi connectivity index (χ4v) is 6.37. The van der Waals surface area contributed by atoms with Crippen LogP contribution in [0.15, 0.2) is 84.9 Å². The number of ether oxygens (including phenoxy) is 1. The maximum Gasteiger partial charge on any atom is 0.269 e. The van der Waals surface area contributed by atoms with Crippen LogP contribution in [0.25, 0.3) is 0 Å². The van der Waals surface area contributed by atoms with Crippen molar-refractivity contribution in [2.45, 2.75) is 44.4 Å². The van der Waals surface area contributed by atoms with Gasteiger partial charge in [0.25, 0.3) is 11.8 Å². The summed E-state index contributed by atoms with van der Waals surface area (Å²) >= 11 is 0. The van der Waals surface area contributed by atoms with Crippen molar-refractivity contribution in [1.82, 2.24) is 4.90 Å². The van der Waals surface area contributed by atoms with E-state index < -0.39 is 17.4 Å². The summed E-state index contributed by atoms with van der Waals surface area (Å²) in [5.74, 6) is -0.949. The Labute approximate surface area is 250 Å². The number of fused-ring (bicyclic) bond motifs is 2. The predicted molar refractivity (Wildman–Crippen MR) is 162 cm³/mol. The molecule has 222 valence electrons. The van der Waals surface area contributed by atoms with E-state index in [4.69, 9.17) is 4.74 Å². The second kappa shape index (κ2) is 11.7. The Morgan fingerprint density at radius 3 is 2.63 bits per heavy atom. The monoisotopic (exact) mass is 581 g/mol. The molecule has 1 saturated heterocycles. The first-order valence-electron chi connectivity index (χ1n) is 14.7. The zero-order valence-electron chi connectivity index (χ0n) is 24.1. The smallest absolute Gasteiger partial charge is 0.269 e. The van der Waals surface area contributed by atoms with Crippen molar-refractivity contribution in [2.75, 3.05) is 29.6 Å². The van der Waals surface area contributed by atoms with Crippen molar-refractivity contribution in [1.29, 1.82) is 0 Å². The molecular weight excluding hydrogens is 546 g/mol. The quantitative estimate of drug-likeness (QED) is 0.389. The number of aliphatic hydroxyl groups excluding tert-OH is 1. The third kappa shape index (κ3) is 5.08. The number of benzene rings is 3. The second-order valence-electron chi connectivity index (χ2n) is 11.3. The summed E-state index contributed by atoms with van der Waals surface area (Å²) in [7, 11) is 0. The maximum atomic E-state index is 14.1. The molecule has 3 heterocycles. The van der Waals surface area contributed by atoms with Gasteiger partial charge in [0.15, 0.2) is 12.2 Å². The first-order chi connectivity index (χ1) is 20.8. The molecule has 3 amide bonds. The lowest BCUT2D eigenvalue weighted by Gasteiger charge is -2.31. The lowest BCUT2D eigenvalue weighted by atomic mass is 9.82. The Hall–Kier alpha value is -4.47. The minimum absolute atomic E-state index is 0.0629. The van der Waals surface area contributed by atoms with Crippen LogP contribution in [0.5, 0.6) is 5.75 Å². The van der Waals surface area contributed by atoms with Gasteiger partial charge in [0.1, 0.15) is 5.75 Å². The number of hydrogen-bond donors (Lipinski definition) is 2. The Kier molecular flexibility index (Phi) is 7.77. The van der Waals surface area contributed by atoms with E-state index >= 15 is 0 Å². The third-order valence-electron chi connectivity index (χ3n) is 8.69. The van der Waals surface area contributed by atoms with Crippen molar-refractivity contribution in [3.05, 3.63) is 96.1 Å². The summed E-state index contributed by atoms with van der Waals surface area (Å²) in [5.41, 5.74) is 1.03. The Morgan fingerprint density at radius 2 is 1.84 bits per heavy atom. The molecule has 9 nitrogen and oxygen atoms in total. The first kappa shape index (κ1) is 28.6. The van der Waals surface area contributed by atoms with Crippen molar-refractivity contribution in [3.63, 3.8) is 0 Å². The fraction of sp³-hybridized carbons (Fsp3) is 0.324. The van der Waals surface area contributed by atoms with Crippen LogP contribution in [0.1, 0.15) is 37.3 Å². The number of nitrogens with zero attached hydrogens (tertiary/aromatic N) is 3. The second-order valence-corrected chi connectivity index (χ2v) is 11.3. The number of rotatable bonds is 8. The first-order valence-corrected chi connectivity index (χ1v) is 14.7. The molecule has 9 heteroatoms. The lowest BCUT2D eigenvalue weighted by Crippen LogP contribution is -2.44. The van der Waals surface area contributed by atoms with E-state index in [0.29, 0.717) is 34.9 Å². The molecule has 3 aromatic carbocycles. The summed E-state index contributed by atoms with van der Waals surface area (Å²) in [6.45, 7) is 2.44. The molecular formula is C34H35N3O6. The minimum Gasteiger partial charge on any atom is -0.482 e. The van der Waals surface area contributed by atoms with Gasteiger partial charge >= 0.3 is 0 Å². The summed E-state index contributed by atoms with van der Waals surface area (Å²) in [4.78, 5) is 44.9. The molecule has 0 radical (unpaired) electrons. The van der Waals surface area contributed by atoms with Crippen LogP contribution in [-0.2, 0) is 26.5 Å². The fourth-order valence-electron chi connectivity index (χ4n) is 6.37. The van der Waals surface area contributed by atoms with E-state index in [1.807, 2.05) is 42.5 Å². The standard InChI is InChI=1S/C34H35N3O6/c1-23(9-7-15-31(39)35-18-8-12-26(35)21-38)34(42)27-19-25(37-29-13-5-6-14-30(29)43-22-32(37)40)16-17-28(27)36(33(34)41)20-24-10-3-2-4-11-24/h2-7,9-11,13-14,16-17,19,23,26,38,42H,8,12,15,18,20-22H2,1H3/b9-7+/t23-,26+,34+/m1/s1. The molecule has 0 unspecified atom stereocenters. The summed E-state index contributed by atoms with van der Waals surface area (Å²) in [6.07, 6.45) is 5.14. The highest BCUT2D eigenvalue weighted by Crippen LogP contribution is 2.48. The van der Waals surface area contributed by atoms with Gasteiger partial charge in [-0.2, -0.15) is 0 Å². The van der Waals surface area contributed by atoms with Crippen molar-refractivity contribution in [2.24, 2.45) is 5.92 Å². The summed E-state index contributed by atoms with van der Waals surface area (Å²) in [5, 5.41) is 21.9. The molecule has 0 saturated carbocycles. The van der Waals surface area contributed by atoms with E-state index in [-0.39, 0.29) is 44.0 Å². The van der Waals surface area contributed by atoms with Gasteiger partial charge in [-0.25, -0.2) is 0 Å². The number of carbonyl (C=O) groups is 3. The summed E-state index contributed by atoms with van der Waals surface area (Å²) in [6, 6.07) is 21.9. The molecule has 3 aliphatic rings. The van der Waals surface area contributed by atoms with Gasteiger partial charge in [-0.1, -0.05) is 61.5 Å². The van der Waals surface area contributed by atoms with Crippen molar-refractivity contribution in [3.8, 4) is 5.75 Å². The molecule has 0 aromatic heterocycles. The van der Waals surface area contributed by atoms with Crippen LogP contribution >= 0.6 is 0 Å². The zero-order chi connectivity index (χ0) is 30.1. The van der Waals surface area contributed by atoms with Gasteiger partial charge in [-0.3, -0.25) is 19.3 Å².